The number of ether oxygens (including phenoxy) is 1. The standard InChI is InChI=1S/C8H6F3NO3/c1-4-2-5(9)3-6(15-8(10)11)7(4)12(13)14/h2-3,8H,1H3. The summed E-state index contributed by atoms with van der Waals surface area (Å²) >= 11 is 0. The molecule has 0 heterocycles. The number of rotatable bonds is 3. The first-order valence-electron chi connectivity index (χ1n) is 3.81. The zero-order valence-corrected chi connectivity index (χ0v) is 7.54. The fraction of sp³-hybridized carbons (Fsp3) is 0.250. The molecule has 1 aromatic carbocycles. The van der Waals surface area contributed by atoms with E-state index >= 15 is 0 Å². The molecule has 0 N–H and O–H groups in total. The maximum atomic E-state index is 12.8. The number of benzene rings is 1. The number of aryl methyl sites for hydroxylation is 1. The SMILES string of the molecule is Cc1cc(F)cc(OC(F)F)c1[N+](=O)[O-]. The Morgan fingerprint density at radius 2 is 2.07 bits per heavy atom. The van der Waals surface area contributed by atoms with Crippen molar-refractivity contribution in [2.75, 3.05) is 0 Å². The van der Waals surface area contributed by atoms with Crippen LogP contribution in [0.3, 0.4) is 0 Å². The van der Waals surface area contributed by atoms with Crippen LogP contribution in [0.25, 0.3) is 0 Å². The van der Waals surface area contributed by atoms with Gasteiger partial charge in [0.2, 0.25) is 5.75 Å². The minimum Gasteiger partial charge on any atom is -0.427 e. The topological polar surface area (TPSA) is 52.4 Å². The van der Waals surface area contributed by atoms with Crippen molar-refractivity contribution in [1.29, 1.82) is 0 Å². The molecule has 7 heteroatoms. The van der Waals surface area contributed by atoms with Gasteiger partial charge in [0, 0.05) is 11.6 Å². The molecule has 0 aromatic heterocycles. The number of hydrogen-bond acceptors (Lipinski definition) is 3. The lowest BCUT2D eigenvalue weighted by Gasteiger charge is -2.06. The van der Waals surface area contributed by atoms with Crippen LogP contribution in [0.4, 0.5) is 18.9 Å². The Kier molecular flexibility index (Phi) is 3.13. The van der Waals surface area contributed by atoms with Crippen LogP contribution in [0, 0.1) is 22.9 Å². The lowest BCUT2D eigenvalue weighted by Crippen LogP contribution is -2.06. The van der Waals surface area contributed by atoms with Crippen LogP contribution in [-0.4, -0.2) is 11.5 Å². The summed E-state index contributed by atoms with van der Waals surface area (Å²) in [5.41, 5.74) is -0.729. The molecule has 0 radical (unpaired) electrons. The quantitative estimate of drug-likeness (QED) is 0.582. The summed E-state index contributed by atoms with van der Waals surface area (Å²) in [5.74, 6) is -1.64. The Morgan fingerprint density at radius 3 is 2.53 bits per heavy atom. The molecule has 0 unspecified atom stereocenters. The largest absolute Gasteiger partial charge is 0.427 e. The minimum atomic E-state index is -3.23. The molecular weight excluding hydrogens is 215 g/mol. The second-order valence-corrected chi connectivity index (χ2v) is 2.71. The van der Waals surface area contributed by atoms with E-state index in [1.807, 2.05) is 0 Å². The maximum Gasteiger partial charge on any atom is 0.387 e. The monoisotopic (exact) mass is 221 g/mol. The number of halogens is 3. The lowest BCUT2D eigenvalue weighted by molar-refractivity contribution is -0.387. The molecule has 0 spiro atoms. The summed E-state index contributed by atoms with van der Waals surface area (Å²) in [5, 5.41) is 10.5. The van der Waals surface area contributed by atoms with Crippen molar-refractivity contribution in [3.63, 3.8) is 0 Å². The summed E-state index contributed by atoms with van der Waals surface area (Å²) in [4.78, 5) is 9.60. The van der Waals surface area contributed by atoms with E-state index in [9.17, 15) is 23.3 Å². The van der Waals surface area contributed by atoms with Gasteiger partial charge < -0.3 is 4.74 Å². The fourth-order valence-electron chi connectivity index (χ4n) is 1.12. The van der Waals surface area contributed by atoms with Crippen molar-refractivity contribution in [1.82, 2.24) is 0 Å². The highest BCUT2D eigenvalue weighted by Gasteiger charge is 2.22. The van der Waals surface area contributed by atoms with Crippen LogP contribution in [0.1, 0.15) is 5.56 Å². The van der Waals surface area contributed by atoms with Gasteiger partial charge in [-0.05, 0) is 13.0 Å². The van der Waals surface area contributed by atoms with Gasteiger partial charge in [-0.2, -0.15) is 8.78 Å². The molecule has 0 saturated carbocycles. The minimum absolute atomic E-state index is 0.0735. The third kappa shape index (κ3) is 2.58. The normalized spacial score (nSPS) is 10.5. The Balaban J connectivity index is 3.27. The Labute approximate surface area is 82.4 Å². The van der Waals surface area contributed by atoms with Crippen molar-refractivity contribution in [3.8, 4) is 5.75 Å². The molecule has 15 heavy (non-hydrogen) atoms. The van der Waals surface area contributed by atoms with E-state index in [4.69, 9.17) is 0 Å². The first-order chi connectivity index (χ1) is 6.91. The second kappa shape index (κ2) is 4.16. The second-order valence-electron chi connectivity index (χ2n) is 2.71. The number of hydrogen-bond donors (Lipinski definition) is 0. The average Bonchev–Trinajstić information content (AvgIpc) is 1.99. The Morgan fingerprint density at radius 1 is 1.47 bits per heavy atom. The summed E-state index contributed by atoms with van der Waals surface area (Å²) < 4.78 is 40.3. The average molecular weight is 221 g/mol. The van der Waals surface area contributed by atoms with Gasteiger partial charge in [0.25, 0.3) is 0 Å². The van der Waals surface area contributed by atoms with Crippen molar-refractivity contribution in [2.24, 2.45) is 0 Å². The van der Waals surface area contributed by atoms with Crippen molar-refractivity contribution >= 4 is 5.69 Å². The van der Waals surface area contributed by atoms with Gasteiger partial charge in [-0.3, -0.25) is 10.1 Å². The molecule has 0 aliphatic rings. The molecule has 0 aliphatic heterocycles. The molecular formula is C8H6F3NO3. The van der Waals surface area contributed by atoms with Crippen LogP contribution >= 0.6 is 0 Å². The van der Waals surface area contributed by atoms with E-state index in [0.717, 1.165) is 6.07 Å². The maximum absolute atomic E-state index is 12.8. The first-order valence-corrected chi connectivity index (χ1v) is 3.81. The molecule has 0 fully saturated rings. The van der Waals surface area contributed by atoms with Crippen LogP contribution in [-0.2, 0) is 0 Å². The number of nitro benzene ring substituents is 1. The summed E-state index contributed by atoms with van der Waals surface area (Å²) in [6.45, 7) is -2.00. The highest BCUT2D eigenvalue weighted by atomic mass is 19.3. The van der Waals surface area contributed by atoms with E-state index in [1.54, 1.807) is 0 Å². The van der Waals surface area contributed by atoms with Crippen LogP contribution in [0.2, 0.25) is 0 Å². The van der Waals surface area contributed by atoms with E-state index in [2.05, 4.69) is 4.74 Å². The molecule has 1 aromatic rings. The van der Waals surface area contributed by atoms with Gasteiger partial charge in [0.15, 0.2) is 0 Å². The van der Waals surface area contributed by atoms with Gasteiger partial charge in [-0.25, -0.2) is 4.39 Å². The van der Waals surface area contributed by atoms with Gasteiger partial charge >= 0.3 is 12.3 Å². The van der Waals surface area contributed by atoms with Crippen LogP contribution < -0.4 is 4.74 Å². The Bertz CT molecular complexity index is 395. The van der Waals surface area contributed by atoms with Crippen LogP contribution in [0.15, 0.2) is 12.1 Å². The molecule has 0 aliphatic carbocycles. The van der Waals surface area contributed by atoms with Crippen molar-refractivity contribution in [2.45, 2.75) is 13.5 Å². The number of nitrogens with zero attached hydrogens (tertiary/aromatic N) is 1. The molecule has 0 atom stereocenters. The molecule has 1 rings (SSSR count). The summed E-state index contributed by atoms with van der Waals surface area (Å²) in [7, 11) is 0. The highest BCUT2D eigenvalue weighted by Crippen LogP contribution is 2.32. The fourth-order valence-corrected chi connectivity index (χ4v) is 1.12. The number of nitro groups is 1. The van der Waals surface area contributed by atoms with E-state index in [-0.39, 0.29) is 5.56 Å². The van der Waals surface area contributed by atoms with Gasteiger partial charge in [0.05, 0.1) is 4.92 Å². The summed E-state index contributed by atoms with van der Waals surface area (Å²) in [6, 6.07) is 1.42. The third-order valence-electron chi connectivity index (χ3n) is 1.63. The zero-order chi connectivity index (χ0) is 11.6. The lowest BCUT2D eigenvalue weighted by atomic mass is 10.2. The van der Waals surface area contributed by atoms with Crippen molar-refractivity contribution < 1.29 is 22.8 Å². The molecule has 0 bridgehead atoms. The zero-order valence-electron chi connectivity index (χ0n) is 7.54. The predicted molar refractivity (Wildman–Crippen MR) is 44.4 cm³/mol. The van der Waals surface area contributed by atoms with Gasteiger partial charge in [0.1, 0.15) is 5.82 Å². The van der Waals surface area contributed by atoms with E-state index in [0.29, 0.717) is 6.07 Å². The van der Waals surface area contributed by atoms with Gasteiger partial charge in [-0.15, -0.1) is 0 Å². The molecule has 0 saturated heterocycles. The van der Waals surface area contributed by atoms with E-state index < -0.39 is 28.8 Å². The first kappa shape index (κ1) is 11.3. The molecule has 4 nitrogen and oxygen atoms in total. The molecule has 0 amide bonds. The third-order valence-corrected chi connectivity index (χ3v) is 1.63. The van der Waals surface area contributed by atoms with Crippen molar-refractivity contribution in [3.05, 3.63) is 33.6 Å². The highest BCUT2D eigenvalue weighted by molar-refractivity contribution is 5.52. The Hall–Kier alpha value is -1.79. The van der Waals surface area contributed by atoms with Crippen LogP contribution in [0.5, 0.6) is 5.75 Å². The predicted octanol–water partition coefficient (Wildman–Crippen LogP) is 2.64. The molecule has 82 valence electrons. The number of alkyl halides is 2. The van der Waals surface area contributed by atoms with Gasteiger partial charge in [-0.1, -0.05) is 0 Å². The summed E-state index contributed by atoms with van der Waals surface area (Å²) in [6.07, 6.45) is 0. The smallest absolute Gasteiger partial charge is 0.387 e. The van der Waals surface area contributed by atoms with E-state index in [1.165, 1.54) is 6.92 Å².